The van der Waals surface area contributed by atoms with Crippen molar-refractivity contribution in [1.29, 1.82) is 0 Å². The Labute approximate surface area is 143 Å². The van der Waals surface area contributed by atoms with Gasteiger partial charge >= 0.3 is 5.69 Å². The molecule has 0 aliphatic carbocycles. The molecule has 0 aromatic heterocycles. The Morgan fingerprint density at radius 2 is 1.96 bits per heavy atom. The van der Waals surface area contributed by atoms with E-state index in [4.69, 9.17) is 4.74 Å². The Morgan fingerprint density at radius 3 is 2.50 bits per heavy atom. The van der Waals surface area contributed by atoms with Gasteiger partial charge in [-0.2, -0.15) is 0 Å². The predicted octanol–water partition coefficient (Wildman–Crippen LogP) is 1.30. The highest BCUT2D eigenvalue weighted by atomic mass is 32.2. The molecular formula is C15H22N3O5S-. The van der Waals surface area contributed by atoms with Gasteiger partial charge in [-0.3, -0.25) is 19.2 Å². The summed E-state index contributed by atoms with van der Waals surface area (Å²) in [6.07, 6.45) is 0.639. The lowest BCUT2D eigenvalue weighted by molar-refractivity contribution is -0.385. The quantitative estimate of drug-likeness (QED) is 0.412. The van der Waals surface area contributed by atoms with Crippen molar-refractivity contribution < 1.29 is 18.4 Å². The van der Waals surface area contributed by atoms with Gasteiger partial charge in [0.1, 0.15) is 0 Å². The van der Waals surface area contributed by atoms with Crippen molar-refractivity contribution in [1.82, 2.24) is 4.90 Å². The minimum absolute atomic E-state index is 0.0250. The first-order valence-electron chi connectivity index (χ1n) is 7.78. The lowest BCUT2D eigenvalue weighted by Gasteiger charge is -2.37. The summed E-state index contributed by atoms with van der Waals surface area (Å²) >= 11 is -1.98. The zero-order valence-electron chi connectivity index (χ0n) is 13.9. The monoisotopic (exact) mass is 356 g/mol. The molecular weight excluding hydrogens is 334 g/mol. The fourth-order valence-corrected chi connectivity index (χ4v) is 3.29. The molecule has 1 aliphatic rings. The van der Waals surface area contributed by atoms with E-state index in [1.165, 1.54) is 7.11 Å². The van der Waals surface area contributed by atoms with Crippen LogP contribution in [0.5, 0.6) is 5.75 Å². The van der Waals surface area contributed by atoms with E-state index in [0.29, 0.717) is 6.42 Å². The number of nitrogens with zero attached hydrogens (tertiary/aromatic N) is 3. The maximum absolute atomic E-state index is 11.1. The zero-order valence-corrected chi connectivity index (χ0v) is 14.7. The molecule has 1 aromatic carbocycles. The van der Waals surface area contributed by atoms with E-state index in [1.54, 1.807) is 12.1 Å². The number of benzene rings is 1. The molecule has 2 rings (SSSR count). The molecule has 0 radical (unpaired) electrons. The normalized spacial score (nSPS) is 16.9. The standard InChI is InChI=1S/C15H23N3O5S/c1-12-10-14(18(19)20)15(23-2)11-13(12)17-7-5-16(6-8-17)4-3-9-24(21)22/h10-11H,3-9H2,1-2H3,(H,21,22)/p-1. The average Bonchev–Trinajstić information content (AvgIpc) is 2.55. The van der Waals surface area contributed by atoms with Gasteiger partial charge in [-0.25, -0.2) is 0 Å². The van der Waals surface area contributed by atoms with Crippen molar-refractivity contribution in [3.05, 3.63) is 27.8 Å². The van der Waals surface area contributed by atoms with Crippen LogP contribution in [-0.2, 0) is 11.1 Å². The van der Waals surface area contributed by atoms with Crippen molar-refractivity contribution in [2.75, 3.05) is 50.5 Å². The number of nitro groups is 1. The molecule has 0 N–H and O–H groups in total. The molecule has 1 heterocycles. The molecule has 0 saturated carbocycles. The summed E-state index contributed by atoms with van der Waals surface area (Å²) < 4.78 is 26.3. The maximum Gasteiger partial charge on any atom is 0.311 e. The second-order valence-corrected chi connectivity index (χ2v) is 6.77. The van der Waals surface area contributed by atoms with E-state index in [9.17, 15) is 18.9 Å². The van der Waals surface area contributed by atoms with Crippen molar-refractivity contribution in [2.24, 2.45) is 0 Å². The summed E-state index contributed by atoms with van der Waals surface area (Å²) in [7, 11) is 1.43. The van der Waals surface area contributed by atoms with Crippen LogP contribution in [-0.4, -0.2) is 64.2 Å². The Morgan fingerprint density at radius 1 is 1.29 bits per heavy atom. The Hall–Kier alpha value is -1.71. The second kappa shape index (κ2) is 8.41. The van der Waals surface area contributed by atoms with E-state index in [1.807, 2.05) is 6.92 Å². The largest absolute Gasteiger partial charge is 0.772 e. The van der Waals surface area contributed by atoms with Crippen LogP contribution in [0.25, 0.3) is 0 Å². The molecule has 8 nitrogen and oxygen atoms in total. The minimum Gasteiger partial charge on any atom is -0.772 e. The number of hydrogen-bond acceptors (Lipinski definition) is 7. The van der Waals surface area contributed by atoms with Crippen LogP contribution in [0.1, 0.15) is 12.0 Å². The highest BCUT2D eigenvalue weighted by molar-refractivity contribution is 7.79. The van der Waals surface area contributed by atoms with Gasteiger partial charge < -0.3 is 14.2 Å². The van der Waals surface area contributed by atoms with Crippen LogP contribution in [0.3, 0.4) is 0 Å². The van der Waals surface area contributed by atoms with Gasteiger partial charge in [-0.1, -0.05) is 11.1 Å². The first-order valence-corrected chi connectivity index (χ1v) is 9.03. The van der Waals surface area contributed by atoms with Gasteiger partial charge in [0.2, 0.25) is 0 Å². The van der Waals surface area contributed by atoms with Crippen LogP contribution in [0, 0.1) is 17.0 Å². The highest BCUT2D eigenvalue weighted by Crippen LogP contribution is 2.34. The Balaban J connectivity index is 2.01. The second-order valence-electron chi connectivity index (χ2n) is 5.76. The third-order valence-electron chi connectivity index (χ3n) is 4.19. The van der Waals surface area contributed by atoms with Crippen molar-refractivity contribution >= 4 is 22.5 Å². The molecule has 1 unspecified atom stereocenters. The van der Waals surface area contributed by atoms with Gasteiger partial charge in [-0.15, -0.1) is 0 Å². The van der Waals surface area contributed by atoms with E-state index >= 15 is 0 Å². The van der Waals surface area contributed by atoms with Crippen molar-refractivity contribution in [3.63, 3.8) is 0 Å². The molecule has 1 atom stereocenters. The van der Waals surface area contributed by atoms with Crippen LogP contribution >= 0.6 is 0 Å². The Kier molecular flexibility index (Phi) is 6.52. The number of piperazine rings is 1. The molecule has 0 bridgehead atoms. The van der Waals surface area contributed by atoms with Crippen LogP contribution in [0.15, 0.2) is 12.1 Å². The fourth-order valence-electron chi connectivity index (χ4n) is 2.93. The first-order chi connectivity index (χ1) is 11.4. The van der Waals surface area contributed by atoms with E-state index < -0.39 is 16.0 Å². The van der Waals surface area contributed by atoms with Gasteiger partial charge in [0.25, 0.3) is 0 Å². The molecule has 9 heteroatoms. The molecule has 1 aliphatic heterocycles. The number of methoxy groups -OCH3 is 1. The highest BCUT2D eigenvalue weighted by Gasteiger charge is 2.23. The number of nitro benzene ring substituents is 1. The number of rotatable bonds is 7. The summed E-state index contributed by atoms with van der Waals surface area (Å²) in [6, 6.07) is 3.27. The van der Waals surface area contributed by atoms with Crippen LogP contribution in [0.4, 0.5) is 11.4 Å². The Bertz CT molecular complexity index is 617. The molecule has 1 fully saturated rings. The molecule has 24 heavy (non-hydrogen) atoms. The maximum atomic E-state index is 11.1. The third kappa shape index (κ3) is 4.65. The molecule has 0 spiro atoms. The predicted molar refractivity (Wildman–Crippen MR) is 91.4 cm³/mol. The summed E-state index contributed by atoms with van der Waals surface area (Å²) in [4.78, 5) is 15.1. The summed E-state index contributed by atoms with van der Waals surface area (Å²) in [6.45, 7) is 5.89. The number of hydrogen-bond donors (Lipinski definition) is 0. The van der Waals surface area contributed by atoms with Gasteiger partial charge in [0, 0.05) is 49.8 Å². The number of aryl methyl sites for hydroxylation is 1. The summed E-state index contributed by atoms with van der Waals surface area (Å²) in [5.74, 6) is 0.458. The smallest absolute Gasteiger partial charge is 0.311 e. The fraction of sp³-hybridized carbons (Fsp3) is 0.600. The lowest BCUT2D eigenvalue weighted by Crippen LogP contribution is -2.47. The topological polar surface area (TPSA) is 99.0 Å². The lowest BCUT2D eigenvalue weighted by atomic mass is 10.1. The van der Waals surface area contributed by atoms with E-state index in [2.05, 4.69) is 9.80 Å². The average molecular weight is 356 g/mol. The van der Waals surface area contributed by atoms with Gasteiger partial charge in [-0.05, 0) is 25.5 Å². The number of ether oxygens (including phenoxy) is 1. The number of anilines is 1. The SMILES string of the molecule is COc1cc(N2CCN(CCCS(=O)[O-])CC2)c(C)cc1[N+](=O)[O-]. The zero-order chi connectivity index (χ0) is 17.7. The van der Waals surface area contributed by atoms with Crippen molar-refractivity contribution in [3.8, 4) is 5.75 Å². The first kappa shape index (κ1) is 18.6. The minimum atomic E-state index is -1.98. The third-order valence-corrected chi connectivity index (χ3v) is 4.81. The summed E-state index contributed by atoms with van der Waals surface area (Å²) in [5, 5.41) is 11.1. The molecule has 134 valence electrons. The molecule has 1 saturated heterocycles. The molecule has 1 aromatic rings. The van der Waals surface area contributed by atoms with Crippen molar-refractivity contribution in [2.45, 2.75) is 13.3 Å². The van der Waals surface area contributed by atoms with Gasteiger partial charge in [0.15, 0.2) is 5.75 Å². The van der Waals surface area contributed by atoms with Crippen LogP contribution in [0.2, 0.25) is 0 Å². The molecule has 0 amide bonds. The van der Waals surface area contributed by atoms with Gasteiger partial charge in [0.05, 0.1) is 12.0 Å². The van der Waals surface area contributed by atoms with E-state index in [0.717, 1.165) is 44.0 Å². The van der Waals surface area contributed by atoms with Crippen LogP contribution < -0.4 is 9.64 Å². The summed E-state index contributed by atoms with van der Waals surface area (Å²) in [5.41, 5.74) is 1.76. The van der Waals surface area contributed by atoms with E-state index in [-0.39, 0.29) is 17.2 Å².